The molecule has 7 nitrogen and oxygen atoms in total. The van der Waals surface area contributed by atoms with Gasteiger partial charge in [0.05, 0.1) is 16.2 Å². The third-order valence-electron chi connectivity index (χ3n) is 3.82. The number of nitro groups is 1. The molecule has 0 aliphatic rings. The summed E-state index contributed by atoms with van der Waals surface area (Å²) in [6.07, 6.45) is 1.35. The van der Waals surface area contributed by atoms with Gasteiger partial charge in [-0.1, -0.05) is 53.2 Å². The lowest BCUT2D eigenvalue weighted by Crippen LogP contribution is -2.24. The minimum absolute atomic E-state index is 0.0779. The van der Waals surface area contributed by atoms with Gasteiger partial charge >= 0.3 is 0 Å². The second-order valence-electron chi connectivity index (χ2n) is 6.05. The number of nitro benzene ring substituents is 1. The van der Waals surface area contributed by atoms with Crippen LogP contribution in [-0.2, 0) is 4.79 Å². The predicted octanol–water partition coefficient (Wildman–Crippen LogP) is 5.58. The van der Waals surface area contributed by atoms with Crippen LogP contribution in [0.3, 0.4) is 0 Å². The van der Waals surface area contributed by atoms with Crippen LogP contribution in [0.15, 0.2) is 81.6 Å². The number of rotatable bonds is 8. The van der Waals surface area contributed by atoms with Crippen LogP contribution in [-0.4, -0.2) is 23.7 Å². The second-order valence-corrected chi connectivity index (χ2v) is 8.01. The molecule has 0 spiro atoms. The number of nitrogens with one attached hydrogen (secondary N) is 1. The van der Waals surface area contributed by atoms with Crippen LogP contribution >= 0.6 is 35.0 Å². The van der Waals surface area contributed by atoms with Crippen molar-refractivity contribution in [2.24, 2.45) is 5.10 Å². The number of carbonyl (C=O) groups excluding carboxylic acids is 1. The molecular weight excluding hydrogens is 461 g/mol. The van der Waals surface area contributed by atoms with Gasteiger partial charge in [-0.3, -0.25) is 14.9 Å². The summed E-state index contributed by atoms with van der Waals surface area (Å²) in [4.78, 5) is 24.3. The molecule has 10 heteroatoms. The molecular formula is C21H15Cl2N3O4S. The quantitative estimate of drug-likeness (QED) is 0.260. The van der Waals surface area contributed by atoms with E-state index in [1.165, 1.54) is 36.2 Å². The van der Waals surface area contributed by atoms with E-state index in [1.54, 1.807) is 18.2 Å². The number of ether oxygens (including phenoxy) is 1. The zero-order chi connectivity index (χ0) is 22.2. The molecule has 3 aromatic carbocycles. The van der Waals surface area contributed by atoms with Crippen molar-refractivity contribution in [3.8, 4) is 5.75 Å². The van der Waals surface area contributed by atoms with Crippen molar-refractivity contribution in [3.05, 3.63) is 92.5 Å². The smallest absolute Gasteiger partial charge is 0.277 e. The van der Waals surface area contributed by atoms with E-state index in [0.29, 0.717) is 16.3 Å². The number of hydrogen-bond donors (Lipinski definition) is 1. The molecule has 0 saturated carbocycles. The molecule has 1 N–H and O–H groups in total. The molecule has 158 valence electrons. The predicted molar refractivity (Wildman–Crippen MR) is 121 cm³/mol. The Kier molecular flexibility index (Phi) is 7.88. The Labute approximate surface area is 192 Å². The van der Waals surface area contributed by atoms with Crippen molar-refractivity contribution < 1.29 is 14.5 Å². The molecule has 0 radical (unpaired) electrons. The minimum Gasteiger partial charge on any atom is -0.482 e. The van der Waals surface area contributed by atoms with E-state index in [-0.39, 0.29) is 17.3 Å². The fraction of sp³-hybridized carbons (Fsp3) is 0.0476. The van der Waals surface area contributed by atoms with Crippen molar-refractivity contribution in [2.75, 3.05) is 6.61 Å². The van der Waals surface area contributed by atoms with Crippen molar-refractivity contribution in [3.63, 3.8) is 0 Å². The number of halogens is 2. The van der Waals surface area contributed by atoms with E-state index in [4.69, 9.17) is 27.9 Å². The summed E-state index contributed by atoms with van der Waals surface area (Å²) in [6.45, 7) is -0.320. The first-order valence-electron chi connectivity index (χ1n) is 8.83. The molecule has 0 fully saturated rings. The summed E-state index contributed by atoms with van der Waals surface area (Å²) in [7, 11) is 0. The maximum atomic E-state index is 12.0. The fourth-order valence-electron chi connectivity index (χ4n) is 2.40. The molecule has 3 rings (SSSR count). The summed E-state index contributed by atoms with van der Waals surface area (Å²) in [5, 5.41) is 15.8. The van der Waals surface area contributed by atoms with Crippen molar-refractivity contribution in [1.82, 2.24) is 5.43 Å². The van der Waals surface area contributed by atoms with Gasteiger partial charge in [0.25, 0.3) is 11.6 Å². The Morgan fingerprint density at radius 1 is 1.13 bits per heavy atom. The van der Waals surface area contributed by atoms with Gasteiger partial charge in [0.2, 0.25) is 0 Å². The molecule has 31 heavy (non-hydrogen) atoms. The highest BCUT2D eigenvalue weighted by atomic mass is 35.5. The SMILES string of the molecule is O=C(COc1ccc(Cl)cc1Cl)NN=Cc1cc([N+](=O)[O-])ccc1Sc1ccccc1. The number of carbonyl (C=O) groups is 1. The van der Waals surface area contributed by atoms with E-state index in [2.05, 4.69) is 10.5 Å². The highest BCUT2D eigenvalue weighted by Gasteiger charge is 2.11. The Morgan fingerprint density at radius 3 is 2.61 bits per heavy atom. The summed E-state index contributed by atoms with van der Waals surface area (Å²) in [5.41, 5.74) is 2.74. The number of amides is 1. The monoisotopic (exact) mass is 475 g/mol. The molecule has 0 aliphatic heterocycles. The molecule has 1 amide bonds. The summed E-state index contributed by atoms with van der Waals surface area (Å²) < 4.78 is 5.34. The largest absolute Gasteiger partial charge is 0.482 e. The molecule has 0 saturated heterocycles. The normalized spacial score (nSPS) is 10.8. The zero-order valence-electron chi connectivity index (χ0n) is 15.8. The van der Waals surface area contributed by atoms with Crippen molar-refractivity contribution in [1.29, 1.82) is 0 Å². The van der Waals surface area contributed by atoms with Gasteiger partial charge in [-0.05, 0) is 36.4 Å². The van der Waals surface area contributed by atoms with Gasteiger partial charge < -0.3 is 4.74 Å². The Morgan fingerprint density at radius 2 is 1.90 bits per heavy atom. The van der Waals surface area contributed by atoms with Crippen molar-refractivity contribution in [2.45, 2.75) is 9.79 Å². The maximum absolute atomic E-state index is 12.0. The highest BCUT2D eigenvalue weighted by Crippen LogP contribution is 2.31. The number of benzene rings is 3. The molecule has 0 heterocycles. The summed E-state index contributed by atoms with van der Waals surface area (Å²) >= 11 is 13.2. The molecule has 0 aliphatic carbocycles. The van der Waals surface area contributed by atoms with Crippen LogP contribution in [0.4, 0.5) is 5.69 Å². The zero-order valence-corrected chi connectivity index (χ0v) is 18.2. The Bertz CT molecular complexity index is 1130. The molecule has 0 atom stereocenters. The van der Waals surface area contributed by atoms with Gasteiger partial charge in [-0.25, -0.2) is 5.43 Å². The van der Waals surface area contributed by atoms with Crippen LogP contribution in [0.5, 0.6) is 5.75 Å². The number of non-ortho nitro benzene ring substituents is 1. The van der Waals surface area contributed by atoms with Crippen LogP contribution in [0.1, 0.15) is 5.56 Å². The van der Waals surface area contributed by atoms with Crippen LogP contribution < -0.4 is 10.2 Å². The average Bonchev–Trinajstić information content (AvgIpc) is 2.75. The van der Waals surface area contributed by atoms with E-state index >= 15 is 0 Å². The van der Waals surface area contributed by atoms with Crippen LogP contribution in [0, 0.1) is 10.1 Å². The first kappa shape index (κ1) is 22.6. The highest BCUT2D eigenvalue weighted by molar-refractivity contribution is 7.99. The molecule has 0 aromatic heterocycles. The van der Waals surface area contributed by atoms with E-state index in [0.717, 1.165) is 9.79 Å². The van der Waals surface area contributed by atoms with Gasteiger partial charge in [-0.15, -0.1) is 0 Å². The molecule has 0 unspecified atom stereocenters. The van der Waals surface area contributed by atoms with Gasteiger partial charge in [0.1, 0.15) is 5.75 Å². The van der Waals surface area contributed by atoms with Crippen LogP contribution in [0.2, 0.25) is 10.0 Å². The van der Waals surface area contributed by atoms with Gasteiger partial charge in [-0.2, -0.15) is 5.10 Å². The van der Waals surface area contributed by atoms with Crippen molar-refractivity contribution >= 4 is 52.8 Å². The maximum Gasteiger partial charge on any atom is 0.277 e. The van der Waals surface area contributed by atoms with E-state index in [9.17, 15) is 14.9 Å². The van der Waals surface area contributed by atoms with Gasteiger partial charge in [0, 0.05) is 32.5 Å². The second kappa shape index (κ2) is 10.8. The standard InChI is InChI=1S/C21H15Cl2N3O4S/c22-15-6-8-19(18(23)11-15)30-13-21(27)25-24-12-14-10-16(26(28)29)7-9-20(14)31-17-4-2-1-3-5-17/h1-12H,13H2,(H,25,27). The summed E-state index contributed by atoms with van der Waals surface area (Å²) in [5.74, 6) is -0.213. The Hall–Kier alpha value is -3.07. The third kappa shape index (κ3) is 6.71. The third-order valence-corrected chi connectivity index (χ3v) is 5.45. The number of hydrogen-bond acceptors (Lipinski definition) is 6. The minimum atomic E-state index is -0.523. The Balaban J connectivity index is 1.67. The lowest BCUT2D eigenvalue weighted by atomic mass is 10.2. The first-order valence-corrected chi connectivity index (χ1v) is 10.4. The van der Waals surface area contributed by atoms with Gasteiger partial charge in [0.15, 0.2) is 6.61 Å². The van der Waals surface area contributed by atoms with E-state index in [1.807, 2.05) is 30.3 Å². The average molecular weight is 476 g/mol. The number of hydrazone groups is 1. The summed E-state index contributed by atoms with van der Waals surface area (Å²) in [6, 6.07) is 18.6. The lowest BCUT2D eigenvalue weighted by Gasteiger charge is -2.07. The van der Waals surface area contributed by atoms with E-state index < -0.39 is 10.8 Å². The fourth-order valence-corrected chi connectivity index (χ4v) is 3.78. The lowest BCUT2D eigenvalue weighted by molar-refractivity contribution is -0.384. The van der Waals surface area contributed by atoms with Crippen LogP contribution in [0.25, 0.3) is 0 Å². The number of nitrogens with zero attached hydrogens (tertiary/aromatic N) is 2. The molecule has 0 bridgehead atoms. The topological polar surface area (TPSA) is 93.8 Å². The molecule has 3 aromatic rings. The first-order chi connectivity index (χ1) is 14.9.